The number of carbonyl (C=O) groups excluding carboxylic acids is 2. The molecule has 2 aromatic rings. The van der Waals surface area contributed by atoms with Gasteiger partial charge in [0.2, 0.25) is 5.91 Å². The molecule has 1 heterocycles. The first kappa shape index (κ1) is 19.8. The highest BCUT2D eigenvalue weighted by Gasteiger charge is 2.19. The molecule has 5 heteroatoms. The van der Waals surface area contributed by atoms with Crippen LogP contribution in [-0.4, -0.2) is 23.1 Å². The number of hydrogen-bond donors (Lipinski definition) is 1. The number of nitrogens with zero attached hydrogens (tertiary/aromatic N) is 1. The Balaban J connectivity index is 2.23. The van der Waals surface area contributed by atoms with E-state index in [0.717, 1.165) is 28.2 Å². The van der Waals surface area contributed by atoms with Crippen molar-refractivity contribution in [2.75, 3.05) is 11.9 Å². The molecule has 1 aromatic carbocycles. The van der Waals surface area contributed by atoms with Gasteiger partial charge < -0.3 is 14.6 Å². The quantitative estimate of drug-likeness (QED) is 0.783. The smallest absolute Gasteiger partial charge is 0.339 e. The second-order valence-corrected chi connectivity index (χ2v) is 6.83. The Kier molecular flexibility index (Phi) is 6.24. The van der Waals surface area contributed by atoms with Gasteiger partial charge in [-0.15, -0.1) is 0 Å². The molecular weight excluding hydrogens is 328 g/mol. The van der Waals surface area contributed by atoms with E-state index in [2.05, 4.69) is 19.2 Å². The SMILES string of the molecule is CCOC(=O)c1cc(C)n(CC(=O)Nc2c(C)cccc2C(C)C)c1C. The second kappa shape index (κ2) is 8.21. The van der Waals surface area contributed by atoms with Gasteiger partial charge >= 0.3 is 5.97 Å². The minimum atomic E-state index is -0.353. The number of nitrogens with one attached hydrogen (secondary N) is 1. The lowest BCUT2D eigenvalue weighted by Gasteiger charge is -2.17. The van der Waals surface area contributed by atoms with Crippen molar-refractivity contribution in [2.45, 2.75) is 54.0 Å². The fourth-order valence-electron chi connectivity index (χ4n) is 3.12. The van der Waals surface area contributed by atoms with Crippen molar-refractivity contribution in [3.05, 3.63) is 52.3 Å². The van der Waals surface area contributed by atoms with Crippen molar-refractivity contribution in [3.8, 4) is 0 Å². The maximum atomic E-state index is 12.7. The number of aryl methyl sites for hydroxylation is 2. The average molecular weight is 356 g/mol. The summed E-state index contributed by atoms with van der Waals surface area (Å²) in [6.45, 7) is 12.2. The van der Waals surface area contributed by atoms with E-state index in [1.807, 2.05) is 43.5 Å². The Morgan fingerprint density at radius 1 is 1.19 bits per heavy atom. The Labute approximate surface area is 155 Å². The number of benzene rings is 1. The zero-order chi connectivity index (χ0) is 19.4. The summed E-state index contributed by atoms with van der Waals surface area (Å²) in [7, 11) is 0. The first-order chi connectivity index (χ1) is 12.3. The van der Waals surface area contributed by atoms with Gasteiger partial charge in [0.1, 0.15) is 6.54 Å². The molecule has 0 fully saturated rings. The van der Waals surface area contributed by atoms with Crippen LogP contribution in [0.4, 0.5) is 5.69 Å². The number of carbonyl (C=O) groups is 2. The van der Waals surface area contributed by atoms with E-state index in [1.54, 1.807) is 13.0 Å². The molecule has 1 N–H and O–H groups in total. The van der Waals surface area contributed by atoms with Crippen LogP contribution in [0, 0.1) is 20.8 Å². The minimum absolute atomic E-state index is 0.113. The number of hydrogen-bond acceptors (Lipinski definition) is 3. The summed E-state index contributed by atoms with van der Waals surface area (Å²) in [5, 5.41) is 3.05. The molecule has 0 aliphatic rings. The van der Waals surface area contributed by atoms with E-state index in [1.165, 1.54) is 0 Å². The molecule has 1 aromatic heterocycles. The van der Waals surface area contributed by atoms with Crippen LogP contribution in [0.15, 0.2) is 24.3 Å². The van der Waals surface area contributed by atoms with Gasteiger partial charge in [0, 0.05) is 17.1 Å². The number of rotatable bonds is 6. The summed E-state index contributed by atoms with van der Waals surface area (Å²) in [4.78, 5) is 24.7. The lowest BCUT2D eigenvalue weighted by molar-refractivity contribution is -0.116. The van der Waals surface area contributed by atoms with Crippen molar-refractivity contribution < 1.29 is 14.3 Å². The normalized spacial score (nSPS) is 10.9. The second-order valence-electron chi connectivity index (χ2n) is 6.83. The van der Waals surface area contributed by atoms with Crippen molar-refractivity contribution in [3.63, 3.8) is 0 Å². The molecule has 26 heavy (non-hydrogen) atoms. The highest BCUT2D eigenvalue weighted by molar-refractivity contribution is 5.94. The van der Waals surface area contributed by atoms with Crippen LogP contribution in [-0.2, 0) is 16.1 Å². The monoisotopic (exact) mass is 356 g/mol. The summed E-state index contributed by atoms with van der Waals surface area (Å²) in [5.41, 5.74) is 5.14. The van der Waals surface area contributed by atoms with E-state index < -0.39 is 0 Å². The van der Waals surface area contributed by atoms with Gasteiger partial charge in [0.05, 0.1) is 12.2 Å². The predicted octanol–water partition coefficient (Wildman–Crippen LogP) is 4.35. The average Bonchev–Trinajstić information content (AvgIpc) is 2.85. The van der Waals surface area contributed by atoms with Crippen molar-refractivity contribution in [1.82, 2.24) is 4.57 Å². The molecule has 0 radical (unpaired) electrons. The predicted molar refractivity (Wildman–Crippen MR) is 104 cm³/mol. The maximum absolute atomic E-state index is 12.7. The number of amides is 1. The third-order valence-electron chi connectivity index (χ3n) is 4.56. The molecule has 0 atom stereocenters. The molecule has 0 bridgehead atoms. The standard InChI is InChI=1S/C21H28N2O3/c1-7-26-21(25)18-11-15(5)23(16(18)6)12-19(24)22-20-14(4)9-8-10-17(20)13(2)3/h8-11,13H,7,12H2,1-6H3,(H,22,24). The molecular formula is C21H28N2O3. The van der Waals surface area contributed by atoms with Gasteiger partial charge in [0.25, 0.3) is 0 Å². The molecule has 140 valence electrons. The van der Waals surface area contributed by atoms with Gasteiger partial charge in [-0.2, -0.15) is 0 Å². The van der Waals surface area contributed by atoms with Crippen molar-refractivity contribution >= 4 is 17.6 Å². The summed E-state index contributed by atoms with van der Waals surface area (Å²) in [6.07, 6.45) is 0. The molecule has 0 saturated carbocycles. The Morgan fingerprint density at radius 3 is 2.50 bits per heavy atom. The number of esters is 1. The topological polar surface area (TPSA) is 60.3 Å². The van der Waals surface area contributed by atoms with Crippen LogP contribution in [0.3, 0.4) is 0 Å². The largest absolute Gasteiger partial charge is 0.462 e. The maximum Gasteiger partial charge on any atom is 0.339 e. The molecule has 0 unspecified atom stereocenters. The van der Waals surface area contributed by atoms with E-state index in [0.29, 0.717) is 18.1 Å². The lowest BCUT2D eigenvalue weighted by atomic mass is 9.98. The first-order valence-electron chi connectivity index (χ1n) is 8.99. The molecule has 5 nitrogen and oxygen atoms in total. The van der Waals surface area contributed by atoms with E-state index in [9.17, 15) is 9.59 Å². The van der Waals surface area contributed by atoms with Crippen molar-refractivity contribution in [1.29, 1.82) is 0 Å². The van der Waals surface area contributed by atoms with Crippen LogP contribution in [0.5, 0.6) is 0 Å². The lowest BCUT2D eigenvalue weighted by Crippen LogP contribution is -2.22. The van der Waals surface area contributed by atoms with Gasteiger partial charge in [-0.3, -0.25) is 4.79 Å². The van der Waals surface area contributed by atoms with Gasteiger partial charge in [-0.25, -0.2) is 4.79 Å². The Morgan fingerprint density at radius 2 is 1.88 bits per heavy atom. The van der Waals surface area contributed by atoms with Gasteiger partial charge in [-0.05, 0) is 50.8 Å². The zero-order valence-corrected chi connectivity index (χ0v) is 16.5. The van der Waals surface area contributed by atoms with Crippen LogP contribution in [0.1, 0.15) is 59.6 Å². The summed E-state index contributed by atoms with van der Waals surface area (Å²) < 4.78 is 6.92. The minimum Gasteiger partial charge on any atom is -0.462 e. The van der Waals surface area contributed by atoms with Crippen LogP contribution in [0.25, 0.3) is 0 Å². The number of aromatic nitrogens is 1. The van der Waals surface area contributed by atoms with Crippen LogP contribution < -0.4 is 5.32 Å². The molecule has 1 amide bonds. The van der Waals surface area contributed by atoms with Crippen LogP contribution in [0.2, 0.25) is 0 Å². The fourth-order valence-corrected chi connectivity index (χ4v) is 3.12. The molecule has 0 aliphatic heterocycles. The zero-order valence-electron chi connectivity index (χ0n) is 16.5. The Bertz CT molecular complexity index is 819. The number of ether oxygens (including phenoxy) is 1. The van der Waals surface area contributed by atoms with E-state index >= 15 is 0 Å². The summed E-state index contributed by atoms with van der Waals surface area (Å²) in [6, 6.07) is 7.81. The van der Waals surface area contributed by atoms with Crippen LogP contribution >= 0.6 is 0 Å². The Hall–Kier alpha value is -2.56. The molecule has 0 spiro atoms. The number of para-hydroxylation sites is 1. The van der Waals surface area contributed by atoms with E-state index in [-0.39, 0.29) is 18.4 Å². The highest BCUT2D eigenvalue weighted by Crippen LogP contribution is 2.27. The number of anilines is 1. The van der Waals surface area contributed by atoms with Gasteiger partial charge in [0.15, 0.2) is 0 Å². The summed E-state index contributed by atoms with van der Waals surface area (Å²) >= 11 is 0. The van der Waals surface area contributed by atoms with E-state index in [4.69, 9.17) is 4.74 Å². The first-order valence-corrected chi connectivity index (χ1v) is 8.99. The van der Waals surface area contributed by atoms with Crippen molar-refractivity contribution in [2.24, 2.45) is 0 Å². The molecule has 0 saturated heterocycles. The summed E-state index contributed by atoms with van der Waals surface area (Å²) in [5.74, 6) is -0.151. The third-order valence-corrected chi connectivity index (χ3v) is 4.56. The molecule has 2 rings (SSSR count). The highest BCUT2D eigenvalue weighted by atomic mass is 16.5. The van der Waals surface area contributed by atoms with Gasteiger partial charge in [-0.1, -0.05) is 32.0 Å². The molecule has 0 aliphatic carbocycles. The third kappa shape index (κ3) is 4.15. The fraction of sp³-hybridized carbons (Fsp3) is 0.429.